The van der Waals surface area contributed by atoms with Crippen LogP contribution in [0.25, 0.3) is 5.82 Å². The van der Waals surface area contributed by atoms with E-state index in [1.54, 1.807) is 11.8 Å². The van der Waals surface area contributed by atoms with Gasteiger partial charge in [-0.05, 0) is 44.5 Å². The highest BCUT2D eigenvalue weighted by molar-refractivity contribution is 7.99. The molecule has 0 bridgehead atoms. The Hall–Kier alpha value is -2.14. The molecular formula is C17H18N4S. The van der Waals surface area contributed by atoms with Gasteiger partial charge in [-0.3, -0.25) is 0 Å². The fraction of sp³-hybridized carbons (Fsp3) is 0.235. The van der Waals surface area contributed by atoms with Gasteiger partial charge < -0.3 is 0 Å². The Labute approximate surface area is 134 Å². The maximum atomic E-state index is 4.43. The molecule has 0 aliphatic rings. The molecule has 0 fully saturated rings. The summed E-state index contributed by atoms with van der Waals surface area (Å²) in [5, 5.41) is 14.3. The Bertz CT molecular complexity index is 750. The van der Waals surface area contributed by atoms with Crippen LogP contribution in [0.5, 0.6) is 0 Å². The monoisotopic (exact) mass is 310 g/mol. The molecule has 3 rings (SSSR count). The van der Waals surface area contributed by atoms with Gasteiger partial charge in [0.1, 0.15) is 5.03 Å². The normalized spacial score (nSPS) is 12.3. The van der Waals surface area contributed by atoms with E-state index in [2.05, 4.69) is 46.5 Å². The Balaban J connectivity index is 1.76. The van der Waals surface area contributed by atoms with E-state index in [1.165, 1.54) is 5.56 Å². The minimum atomic E-state index is 0.343. The van der Waals surface area contributed by atoms with Crippen LogP contribution in [0, 0.1) is 13.8 Å². The van der Waals surface area contributed by atoms with E-state index in [1.807, 2.05) is 42.8 Å². The molecule has 0 saturated heterocycles. The van der Waals surface area contributed by atoms with Gasteiger partial charge in [-0.1, -0.05) is 42.1 Å². The fourth-order valence-electron chi connectivity index (χ4n) is 2.32. The third kappa shape index (κ3) is 3.20. The molecule has 0 radical (unpaired) electrons. The van der Waals surface area contributed by atoms with Crippen molar-refractivity contribution in [3.8, 4) is 5.82 Å². The van der Waals surface area contributed by atoms with E-state index in [0.29, 0.717) is 5.25 Å². The highest BCUT2D eigenvalue weighted by atomic mass is 32.2. The first-order valence-electron chi connectivity index (χ1n) is 7.22. The maximum absolute atomic E-state index is 4.43. The van der Waals surface area contributed by atoms with Crippen LogP contribution in [0.4, 0.5) is 0 Å². The lowest BCUT2D eigenvalue weighted by molar-refractivity contribution is 0.765. The molecule has 1 atom stereocenters. The van der Waals surface area contributed by atoms with Crippen LogP contribution in [0.15, 0.2) is 53.6 Å². The van der Waals surface area contributed by atoms with Crippen molar-refractivity contribution in [3.63, 3.8) is 0 Å². The second-order valence-corrected chi connectivity index (χ2v) is 6.60. The summed E-state index contributed by atoms with van der Waals surface area (Å²) in [4.78, 5) is 0. The van der Waals surface area contributed by atoms with Crippen molar-refractivity contribution >= 4 is 11.8 Å². The van der Waals surface area contributed by atoms with E-state index in [4.69, 9.17) is 0 Å². The summed E-state index contributed by atoms with van der Waals surface area (Å²) in [6.45, 7) is 6.17. The Morgan fingerprint density at radius 2 is 1.77 bits per heavy atom. The lowest BCUT2D eigenvalue weighted by atomic mass is 10.2. The van der Waals surface area contributed by atoms with E-state index < -0.39 is 0 Å². The zero-order chi connectivity index (χ0) is 15.5. The van der Waals surface area contributed by atoms with Crippen molar-refractivity contribution in [1.82, 2.24) is 20.0 Å². The first-order valence-corrected chi connectivity index (χ1v) is 8.10. The lowest BCUT2D eigenvalue weighted by Crippen LogP contribution is -2.03. The number of rotatable bonds is 4. The molecular weight excluding hydrogens is 292 g/mol. The number of aromatic nitrogens is 4. The zero-order valence-electron chi connectivity index (χ0n) is 12.9. The van der Waals surface area contributed by atoms with Gasteiger partial charge in [0.05, 0.1) is 5.69 Å². The molecule has 0 spiro atoms. The Morgan fingerprint density at radius 1 is 1.00 bits per heavy atom. The standard InChI is InChI=1S/C17H18N4S/c1-12-11-13(2)21(20-12)16-9-10-17(19-18-16)22-14(3)15-7-5-4-6-8-15/h4-11,14H,1-3H3/t14-/m1/s1. The summed E-state index contributed by atoms with van der Waals surface area (Å²) < 4.78 is 1.82. The van der Waals surface area contributed by atoms with Crippen molar-refractivity contribution in [1.29, 1.82) is 0 Å². The van der Waals surface area contributed by atoms with Crippen LogP contribution in [0.1, 0.15) is 29.1 Å². The maximum Gasteiger partial charge on any atom is 0.175 e. The number of hydrogen-bond donors (Lipinski definition) is 0. The molecule has 2 aromatic heterocycles. The van der Waals surface area contributed by atoms with Crippen molar-refractivity contribution in [2.75, 3.05) is 0 Å². The average molecular weight is 310 g/mol. The molecule has 112 valence electrons. The van der Waals surface area contributed by atoms with Gasteiger partial charge in [0.25, 0.3) is 0 Å². The molecule has 0 aliphatic heterocycles. The largest absolute Gasteiger partial charge is 0.218 e. The number of aryl methyl sites for hydroxylation is 2. The van der Waals surface area contributed by atoms with Gasteiger partial charge in [0.15, 0.2) is 5.82 Å². The van der Waals surface area contributed by atoms with E-state index in [-0.39, 0.29) is 0 Å². The number of hydrogen-bond acceptors (Lipinski definition) is 4. The van der Waals surface area contributed by atoms with Crippen LogP contribution in [-0.4, -0.2) is 20.0 Å². The molecule has 0 aliphatic carbocycles. The first kappa shape index (κ1) is 14.8. The third-order valence-electron chi connectivity index (χ3n) is 3.42. The number of thioether (sulfide) groups is 1. The third-order valence-corrected chi connectivity index (χ3v) is 4.50. The van der Waals surface area contributed by atoms with Gasteiger partial charge in [0.2, 0.25) is 0 Å². The van der Waals surface area contributed by atoms with Gasteiger partial charge in [-0.2, -0.15) is 5.10 Å². The van der Waals surface area contributed by atoms with E-state index >= 15 is 0 Å². The summed E-state index contributed by atoms with van der Waals surface area (Å²) >= 11 is 1.71. The molecule has 5 heteroatoms. The second-order valence-electron chi connectivity index (χ2n) is 5.24. The molecule has 0 unspecified atom stereocenters. The quantitative estimate of drug-likeness (QED) is 0.680. The summed E-state index contributed by atoms with van der Waals surface area (Å²) in [6, 6.07) is 16.4. The zero-order valence-corrected chi connectivity index (χ0v) is 13.7. The fourth-order valence-corrected chi connectivity index (χ4v) is 3.21. The molecule has 3 aromatic rings. The van der Waals surface area contributed by atoms with Crippen LogP contribution >= 0.6 is 11.8 Å². The van der Waals surface area contributed by atoms with Crippen LogP contribution < -0.4 is 0 Å². The predicted molar refractivity (Wildman–Crippen MR) is 89.3 cm³/mol. The number of benzene rings is 1. The van der Waals surface area contributed by atoms with E-state index in [9.17, 15) is 0 Å². The summed E-state index contributed by atoms with van der Waals surface area (Å²) in [7, 11) is 0. The van der Waals surface area contributed by atoms with Crippen molar-refractivity contribution in [2.24, 2.45) is 0 Å². The molecule has 0 amide bonds. The Morgan fingerprint density at radius 3 is 2.36 bits per heavy atom. The second kappa shape index (κ2) is 6.32. The minimum Gasteiger partial charge on any atom is -0.218 e. The van der Waals surface area contributed by atoms with Crippen LogP contribution in [0.3, 0.4) is 0 Å². The van der Waals surface area contributed by atoms with Gasteiger partial charge in [0, 0.05) is 10.9 Å². The van der Waals surface area contributed by atoms with Crippen molar-refractivity contribution in [3.05, 3.63) is 65.5 Å². The topological polar surface area (TPSA) is 43.6 Å². The summed E-state index contributed by atoms with van der Waals surface area (Å²) in [5.74, 6) is 0.752. The molecule has 0 saturated carbocycles. The van der Waals surface area contributed by atoms with Gasteiger partial charge >= 0.3 is 0 Å². The SMILES string of the molecule is Cc1cc(C)n(-c2ccc(S[C@H](C)c3ccccc3)nn2)n1. The molecule has 2 heterocycles. The molecule has 4 nitrogen and oxygen atoms in total. The highest BCUT2D eigenvalue weighted by Gasteiger charge is 2.10. The Kier molecular flexibility index (Phi) is 4.24. The molecule has 22 heavy (non-hydrogen) atoms. The lowest BCUT2D eigenvalue weighted by Gasteiger charge is -2.10. The summed E-state index contributed by atoms with van der Waals surface area (Å²) in [5.41, 5.74) is 3.33. The minimum absolute atomic E-state index is 0.343. The van der Waals surface area contributed by atoms with Crippen LogP contribution in [0.2, 0.25) is 0 Å². The predicted octanol–water partition coefficient (Wildman–Crippen LogP) is 4.13. The highest BCUT2D eigenvalue weighted by Crippen LogP contribution is 2.33. The van der Waals surface area contributed by atoms with Gasteiger partial charge in [-0.15, -0.1) is 10.2 Å². The van der Waals surface area contributed by atoms with Crippen LogP contribution in [-0.2, 0) is 0 Å². The van der Waals surface area contributed by atoms with Crippen molar-refractivity contribution in [2.45, 2.75) is 31.0 Å². The van der Waals surface area contributed by atoms with Gasteiger partial charge in [-0.25, -0.2) is 4.68 Å². The molecule has 1 aromatic carbocycles. The number of nitrogens with zero attached hydrogens (tertiary/aromatic N) is 4. The van der Waals surface area contributed by atoms with E-state index in [0.717, 1.165) is 22.2 Å². The molecule has 0 N–H and O–H groups in total. The summed E-state index contributed by atoms with van der Waals surface area (Å²) in [6.07, 6.45) is 0. The first-order chi connectivity index (χ1) is 10.6. The van der Waals surface area contributed by atoms with Crippen molar-refractivity contribution < 1.29 is 0 Å². The smallest absolute Gasteiger partial charge is 0.175 e. The average Bonchev–Trinajstić information content (AvgIpc) is 2.87.